The zero-order valence-corrected chi connectivity index (χ0v) is 8.52. The lowest BCUT2D eigenvalue weighted by Gasteiger charge is -2.00. The topological polar surface area (TPSA) is 63.6 Å². The predicted molar refractivity (Wildman–Crippen MR) is 50.3 cm³/mol. The largest absolute Gasteiger partial charge is 0.408 e. The zero-order chi connectivity index (χ0) is 10.6. The van der Waals surface area contributed by atoms with Crippen LogP contribution in [0.5, 0.6) is 0 Å². The van der Waals surface area contributed by atoms with E-state index in [0.717, 1.165) is 0 Å². The predicted octanol–water partition coefficient (Wildman–Crippen LogP) is 1.79. The Kier molecular flexibility index (Phi) is 3.87. The lowest BCUT2D eigenvalue weighted by molar-refractivity contribution is 0.407. The molecular formula is C7H7FO4S2. The molecule has 0 aliphatic rings. The molecule has 1 rings (SSSR count). The molecule has 0 aliphatic carbocycles. The minimum atomic E-state index is -4.47. The van der Waals surface area contributed by atoms with E-state index in [4.69, 9.17) is 4.55 Å². The van der Waals surface area contributed by atoms with E-state index in [2.05, 4.69) is 3.63 Å². The minimum absolute atomic E-state index is 0.00641. The van der Waals surface area contributed by atoms with E-state index in [1.165, 1.54) is 18.2 Å². The van der Waals surface area contributed by atoms with E-state index < -0.39 is 16.2 Å². The summed E-state index contributed by atoms with van der Waals surface area (Å²) in [5.74, 6) is -0.439. The molecule has 1 aromatic carbocycles. The summed E-state index contributed by atoms with van der Waals surface area (Å²) in [6.07, 6.45) is 0. The summed E-state index contributed by atoms with van der Waals surface area (Å²) >= 11 is 0.449. The van der Waals surface area contributed by atoms with Crippen LogP contribution in [0.1, 0.15) is 5.56 Å². The van der Waals surface area contributed by atoms with Crippen LogP contribution in [0.2, 0.25) is 0 Å². The van der Waals surface area contributed by atoms with E-state index >= 15 is 0 Å². The van der Waals surface area contributed by atoms with Crippen molar-refractivity contribution in [3.05, 3.63) is 35.6 Å². The van der Waals surface area contributed by atoms with Gasteiger partial charge in [-0.1, -0.05) is 18.2 Å². The molecule has 0 bridgehead atoms. The number of rotatable bonds is 4. The third kappa shape index (κ3) is 4.05. The van der Waals surface area contributed by atoms with Gasteiger partial charge in [0.25, 0.3) is 0 Å². The van der Waals surface area contributed by atoms with Gasteiger partial charge in [0, 0.05) is 23.4 Å². The summed E-state index contributed by atoms with van der Waals surface area (Å²) in [5, 5.41) is 0. The minimum Gasteiger partial charge on any atom is -0.263 e. The van der Waals surface area contributed by atoms with Gasteiger partial charge in [-0.25, -0.2) is 4.39 Å². The quantitative estimate of drug-likeness (QED) is 0.640. The van der Waals surface area contributed by atoms with Crippen molar-refractivity contribution in [2.24, 2.45) is 0 Å². The van der Waals surface area contributed by atoms with Crippen LogP contribution in [-0.4, -0.2) is 13.0 Å². The molecule has 0 saturated heterocycles. The fourth-order valence-corrected chi connectivity index (χ4v) is 1.80. The van der Waals surface area contributed by atoms with E-state index in [9.17, 15) is 12.8 Å². The SMILES string of the molecule is O=S(=O)(O)OSCc1ccccc1F. The van der Waals surface area contributed by atoms with Crippen molar-refractivity contribution < 1.29 is 21.0 Å². The van der Waals surface area contributed by atoms with Gasteiger partial charge in [0.1, 0.15) is 5.82 Å². The highest BCUT2D eigenvalue weighted by atomic mass is 32.3. The summed E-state index contributed by atoms with van der Waals surface area (Å²) < 4.78 is 45.3. The van der Waals surface area contributed by atoms with E-state index in [-0.39, 0.29) is 5.75 Å². The maximum absolute atomic E-state index is 12.9. The molecule has 0 heterocycles. The second kappa shape index (κ2) is 4.74. The fourth-order valence-electron chi connectivity index (χ4n) is 0.764. The van der Waals surface area contributed by atoms with Crippen LogP contribution in [0.3, 0.4) is 0 Å². The fraction of sp³-hybridized carbons (Fsp3) is 0.143. The lowest BCUT2D eigenvalue weighted by Crippen LogP contribution is -1.97. The molecule has 7 heteroatoms. The number of hydrogen-bond donors (Lipinski definition) is 1. The first-order valence-corrected chi connectivity index (χ1v) is 5.78. The monoisotopic (exact) mass is 238 g/mol. The van der Waals surface area contributed by atoms with Gasteiger partial charge in [-0.05, 0) is 6.07 Å². The Morgan fingerprint density at radius 2 is 2.07 bits per heavy atom. The zero-order valence-electron chi connectivity index (χ0n) is 6.88. The Morgan fingerprint density at radius 1 is 1.43 bits per heavy atom. The van der Waals surface area contributed by atoms with Crippen molar-refractivity contribution in [3.63, 3.8) is 0 Å². The van der Waals surface area contributed by atoms with Gasteiger partial charge < -0.3 is 0 Å². The molecule has 0 saturated carbocycles. The molecular weight excluding hydrogens is 231 g/mol. The third-order valence-electron chi connectivity index (χ3n) is 1.31. The summed E-state index contributed by atoms with van der Waals surface area (Å²) in [7, 11) is -4.47. The summed E-state index contributed by atoms with van der Waals surface area (Å²) in [4.78, 5) is 0. The number of benzene rings is 1. The van der Waals surface area contributed by atoms with Crippen molar-refractivity contribution in [1.29, 1.82) is 0 Å². The molecule has 4 nitrogen and oxygen atoms in total. The number of hydrogen-bond acceptors (Lipinski definition) is 4. The maximum Gasteiger partial charge on any atom is 0.408 e. The lowest BCUT2D eigenvalue weighted by atomic mass is 10.2. The van der Waals surface area contributed by atoms with Crippen molar-refractivity contribution in [2.75, 3.05) is 0 Å². The third-order valence-corrected chi connectivity index (χ3v) is 2.81. The Morgan fingerprint density at radius 3 is 2.64 bits per heavy atom. The van der Waals surface area contributed by atoms with E-state index in [1.54, 1.807) is 6.07 Å². The maximum atomic E-state index is 12.9. The Bertz CT molecular complexity index is 404. The van der Waals surface area contributed by atoms with Gasteiger partial charge in [-0.2, -0.15) is 12.0 Å². The van der Waals surface area contributed by atoms with Crippen LogP contribution >= 0.6 is 12.0 Å². The van der Waals surface area contributed by atoms with Gasteiger partial charge in [-0.3, -0.25) is 4.55 Å². The Hall–Kier alpha value is -0.630. The van der Waals surface area contributed by atoms with Gasteiger partial charge in [0.2, 0.25) is 0 Å². The number of halogens is 1. The van der Waals surface area contributed by atoms with Crippen LogP contribution in [0.25, 0.3) is 0 Å². The molecule has 0 amide bonds. The Balaban J connectivity index is 2.51. The summed E-state index contributed by atoms with van der Waals surface area (Å²) in [5.41, 5.74) is 0.307. The van der Waals surface area contributed by atoms with Crippen LogP contribution in [0.4, 0.5) is 4.39 Å². The first-order chi connectivity index (χ1) is 6.49. The standard InChI is InChI=1S/C7H7FO4S2/c8-7-4-2-1-3-6(7)5-13-12-14(9,10)11/h1-4H,5H2,(H,9,10,11). The first-order valence-electron chi connectivity index (χ1n) is 3.51. The first kappa shape index (κ1) is 11.4. The van der Waals surface area contributed by atoms with Crippen molar-refractivity contribution in [2.45, 2.75) is 5.75 Å². The molecule has 0 aliphatic heterocycles. The molecule has 0 fully saturated rings. The van der Waals surface area contributed by atoms with E-state index in [1.807, 2.05) is 0 Å². The highest BCUT2D eigenvalue weighted by Crippen LogP contribution is 2.17. The summed E-state index contributed by atoms with van der Waals surface area (Å²) in [6, 6.07) is 5.89. The van der Waals surface area contributed by atoms with Gasteiger partial charge >= 0.3 is 10.4 Å². The van der Waals surface area contributed by atoms with E-state index in [0.29, 0.717) is 17.6 Å². The average molecular weight is 238 g/mol. The van der Waals surface area contributed by atoms with Gasteiger partial charge in [0.05, 0.1) is 0 Å². The molecule has 0 spiro atoms. The van der Waals surface area contributed by atoms with Crippen LogP contribution in [0, 0.1) is 5.82 Å². The average Bonchev–Trinajstić information content (AvgIpc) is 2.06. The van der Waals surface area contributed by atoms with Crippen molar-refractivity contribution >= 4 is 22.4 Å². The van der Waals surface area contributed by atoms with Crippen LogP contribution < -0.4 is 0 Å². The highest BCUT2D eigenvalue weighted by Gasteiger charge is 2.07. The van der Waals surface area contributed by atoms with Crippen LogP contribution in [-0.2, 0) is 19.8 Å². The van der Waals surface area contributed by atoms with Gasteiger partial charge in [0.15, 0.2) is 0 Å². The molecule has 78 valence electrons. The van der Waals surface area contributed by atoms with Gasteiger partial charge in [-0.15, -0.1) is 0 Å². The van der Waals surface area contributed by atoms with Crippen molar-refractivity contribution in [1.82, 2.24) is 0 Å². The van der Waals surface area contributed by atoms with Crippen molar-refractivity contribution in [3.8, 4) is 0 Å². The smallest absolute Gasteiger partial charge is 0.263 e. The molecule has 0 unspecified atom stereocenters. The molecule has 1 N–H and O–H groups in total. The second-order valence-electron chi connectivity index (χ2n) is 2.35. The highest BCUT2D eigenvalue weighted by molar-refractivity contribution is 8.02. The normalized spacial score (nSPS) is 11.6. The van der Waals surface area contributed by atoms with Crippen LogP contribution in [0.15, 0.2) is 24.3 Å². The Labute approximate surface area is 85.2 Å². The molecule has 0 radical (unpaired) electrons. The molecule has 0 aromatic heterocycles. The summed E-state index contributed by atoms with van der Waals surface area (Å²) in [6.45, 7) is 0. The molecule has 14 heavy (non-hydrogen) atoms. The molecule has 0 atom stereocenters. The second-order valence-corrected chi connectivity index (χ2v) is 4.27. The molecule has 1 aromatic rings.